The molecule has 1 heterocycles. The summed E-state index contributed by atoms with van der Waals surface area (Å²) < 4.78 is 26.3. The van der Waals surface area contributed by atoms with Crippen LogP contribution in [0.25, 0.3) is 10.9 Å². The third-order valence-corrected chi connectivity index (χ3v) is 4.07. The molecular formula is C18H16F2N2O. The molecular weight excluding hydrogens is 298 g/mol. The molecule has 1 unspecified atom stereocenters. The van der Waals surface area contributed by atoms with Gasteiger partial charge in [0.2, 0.25) is 0 Å². The smallest absolute Gasteiger partial charge is 0.270 e. The second-order valence-corrected chi connectivity index (χ2v) is 5.56. The van der Waals surface area contributed by atoms with Crippen LogP contribution in [0, 0.1) is 11.6 Å². The summed E-state index contributed by atoms with van der Waals surface area (Å²) in [5.41, 5.74) is 1.93. The van der Waals surface area contributed by atoms with Crippen LogP contribution < -0.4 is 0 Å². The van der Waals surface area contributed by atoms with Gasteiger partial charge in [-0.15, -0.1) is 0 Å². The number of carbonyl (C=O) groups excluding carboxylic acids is 1. The number of nitrogens with zero attached hydrogens (tertiary/aromatic N) is 1. The van der Waals surface area contributed by atoms with Gasteiger partial charge in [-0.25, -0.2) is 8.78 Å². The van der Waals surface area contributed by atoms with Crippen molar-refractivity contribution in [3.63, 3.8) is 0 Å². The van der Waals surface area contributed by atoms with Crippen molar-refractivity contribution in [2.24, 2.45) is 0 Å². The molecule has 0 saturated carbocycles. The van der Waals surface area contributed by atoms with Crippen LogP contribution in [0.4, 0.5) is 8.78 Å². The summed E-state index contributed by atoms with van der Waals surface area (Å²) in [4.78, 5) is 17.2. The lowest BCUT2D eigenvalue weighted by molar-refractivity contribution is 0.0737. The number of aromatic amines is 1. The van der Waals surface area contributed by atoms with Crippen molar-refractivity contribution in [2.75, 3.05) is 7.05 Å². The van der Waals surface area contributed by atoms with Crippen molar-refractivity contribution in [3.05, 3.63) is 71.4 Å². The van der Waals surface area contributed by atoms with Crippen LogP contribution in [-0.4, -0.2) is 22.8 Å². The van der Waals surface area contributed by atoms with Crippen LogP contribution in [-0.2, 0) is 0 Å². The SMILES string of the molecule is CC(c1ccc(F)cc1)N(C)C(=O)c1cc2cc(F)ccc2[nH]1. The molecule has 0 bridgehead atoms. The zero-order valence-electron chi connectivity index (χ0n) is 12.8. The Hall–Kier alpha value is -2.69. The number of hydrogen-bond acceptors (Lipinski definition) is 1. The quantitative estimate of drug-likeness (QED) is 0.769. The molecule has 0 radical (unpaired) electrons. The Balaban J connectivity index is 1.86. The third kappa shape index (κ3) is 2.95. The van der Waals surface area contributed by atoms with Crippen LogP contribution >= 0.6 is 0 Å². The van der Waals surface area contributed by atoms with Crippen molar-refractivity contribution in [3.8, 4) is 0 Å². The molecule has 1 atom stereocenters. The molecule has 3 rings (SSSR count). The van der Waals surface area contributed by atoms with Gasteiger partial charge < -0.3 is 9.88 Å². The number of nitrogens with one attached hydrogen (secondary N) is 1. The maximum Gasteiger partial charge on any atom is 0.270 e. The highest BCUT2D eigenvalue weighted by atomic mass is 19.1. The third-order valence-electron chi connectivity index (χ3n) is 4.07. The van der Waals surface area contributed by atoms with Crippen LogP contribution in [0.3, 0.4) is 0 Å². The maximum absolute atomic E-state index is 13.2. The molecule has 0 aliphatic carbocycles. The average Bonchev–Trinajstić information content (AvgIpc) is 2.96. The molecule has 2 aromatic carbocycles. The van der Waals surface area contributed by atoms with Crippen molar-refractivity contribution in [1.82, 2.24) is 9.88 Å². The summed E-state index contributed by atoms with van der Waals surface area (Å²) in [5, 5.41) is 0.649. The lowest BCUT2D eigenvalue weighted by Gasteiger charge is -2.25. The predicted octanol–water partition coefficient (Wildman–Crippen LogP) is 4.28. The first-order valence-electron chi connectivity index (χ1n) is 7.26. The highest BCUT2D eigenvalue weighted by Crippen LogP contribution is 2.23. The first kappa shape index (κ1) is 15.2. The number of H-pyrrole nitrogens is 1. The first-order valence-corrected chi connectivity index (χ1v) is 7.26. The summed E-state index contributed by atoms with van der Waals surface area (Å²) in [6, 6.07) is 11.8. The summed E-state index contributed by atoms with van der Waals surface area (Å²) >= 11 is 0. The number of halogens is 2. The van der Waals surface area contributed by atoms with E-state index in [0.29, 0.717) is 16.6 Å². The maximum atomic E-state index is 13.2. The molecule has 23 heavy (non-hydrogen) atoms. The second kappa shape index (κ2) is 5.83. The summed E-state index contributed by atoms with van der Waals surface area (Å²) in [6.07, 6.45) is 0. The normalized spacial score (nSPS) is 12.3. The Morgan fingerprint density at radius 2 is 1.70 bits per heavy atom. The molecule has 1 N–H and O–H groups in total. The number of carbonyl (C=O) groups is 1. The predicted molar refractivity (Wildman–Crippen MR) is 85.2 cm³/mol. The topological polar surface area (TPSA) is 36.1 Å². The van der Waals surface area contributed by atoms with Crippen molar-refractivity contribution in [1.29, 1.82) is 0 Å². The lowest BCUT2D eigenvalue weighted by atomic mass is 10.1. The Labute approximate surface area is 132 Å². The molecule has 0 saturated heterocycles. The Morgan fingerprint density at radius 3 is 2.39 bits per heavy atom. The molecule has 0 fully saturated rings. The minimum absolute atomic E-state index is 0.210. The van der Waals surface area contributed by atoms with E-state index in [9.17, 15) is 13.6 Å². The molecule has 3 aromatic rings. The van der Waals surface area contributed by atoms with Gasteiger partial charge in [0, 0.05) is 18.0 Å². The zero-order chi connectivity index (χ0) is 16.6. The van der Waals surface area contributed by atoms with Gasteiger partial charge in [-0.2, -0.15) is 0 Å². The first-order chi connectivity index (χ1) is 11.0. The van der Waals surface area contributed by atoms with E-state index in [1.54, 1.807) is 36.2 Å². The van der Waals surface area contributed by atoms with Gasteiger partial charge in [0.25, 0.3) is 5.91 Å². The number of benzene rings is 2. The van der Waals surface area contributed by atoms with Gasteiger partial charge in [0.1, 0.15) is 17.3 Å². The van der Waals surface area contributed by atoms with Gasteiger partial charge in [-0.3, -0.25) is 4.79 Å². The highest BCUT2D eigenvalue weighted by molar-refractivity contribution is 5.98. The van der Waals surface area contributed by atoms with Gasteiger partial charge in [-0.1, -0.05) is 12.1 Å². The van der Waals surface area contributed by atoms with Crippen LogP contribution in [0.5, 0.6) is 0 Å². The van der Waals surface area contributed by atoms with E-state index in [1.807, 2.05) is 6.92 Å². The number of fused-ring (bicyclic) bond motifs is 1. The van der Waals surface area contributed by atoms with Crippen LogP contribution in [0.2, 0.25) is 0 Å². The van der Waals surface area contributed by atoms with Crippen LogP contribution in [0.15, 0.2) is 48.5 Å². The highest BCUT2D eigenvalue weighted by Gasteiger charge is 2.20. The molecule has 0 spiro atoms. The van der Waals surface area contributed by atoms with E-state index >= 15 is 0 Å². The van der Waals surface area contributed by atoms with E-state index in [-0.39, 0.29) is 23.6 Å². The monoisotopic (exact) mass is 314 g/mol. The van der Waals surface area contributed by atoms with E-state index in [2.05, 4.69) is 4.98 Å². The van der Waals surface area contributed by atoms with Gasteiger partial charge >= 0.3 is 0 Å². The van der Waals surface area contributed by atoms with Crippen molar-refractivity contribution >= 4 is 16.8 Å². The van der Waals surface area contributed by atoms with Crippen molar-refractivity contribution in [2.45, 2.75) is 13.0 Å². The summed E-state index contributed by atoms with van der Waals surface area (Å²) in [6.45, 7) is 1.87. The minimum Gasteiger partial charge on any atom is -0.351 e. The Bertz CT molecular complexity index is 855. The van der Waals surface area contributed by atoms with Crippen LogP contribution in [0.1, 0.15) is 29.0 Å². The molecule has 0 aliphatic heterocycles. The fourth-order valence-electron chi connectivity index (χ4n) is 2.55. The molecule has 5 heteroatoms. The number of rotatable bonds is 3. The molecule has 3 nitrogen and oxygen atoms in total. The number of aromatic nitrogens is 1. The fraction of sp³-hybridized carbons (Fsp3) is 0.167. The standard InChI is InChI=1S/C18H16F2N2O/c1-11(12-3-5-14(19)6-4-12)22(2)18(23)17-10-13-9-15(20)7-8-16(13)21-17/h3-11,21H,1-2H3. The van der Waals surface area contributed by atoms with Gasteiger partial charge in [0.05, 0.1) is 6.04 Å². The fourth-order valence-corrected chi connectivity index (χ4v) is 2.55. The Morgan fingerprint density at radius 1 is 1.04 bits per heavy atom. The zero-order valence-corrected chi connectivity index (χ0v) is 12.8. The van der Waals surface area contributed by atoms with E-state index in [1.165, 1.54) is 24.3 Å². The Kier molecular flexibility index (Phi) is 3.86. The van der Waals surface area contributed by atoms with Gasteiger partial charge in [-0.05, 0) is 48.9 Å². The number of amides is 1. The van der Waals surface area contributed by atoms with E-state index in [0.717, 1.165) is 5.56 Å². The lowest BCUT2D eigenvalue weighted by Crippen LogP contribution is -2.29. The molecule has 1 amide bonds. The van der Waals surface area contributed by atoms with Crippen molar-refractivity contribution < 1.29 is 13.6 Å². The molecule has 1 aromatic heterocycles. The van der Waals surface area contributed by atoms with E-state index < -0.39 is 0 Å². The van der Waals surface area contributed by atoms with Gasteiger partial charge in [0.15, 0.2) is 0 Å². The molecule has 118 valence electrons. The minimum atomic E-state index is -0.344. The van der Waals surface area contributed by atoms with E-state index in [4.69, 9.17) is 0 Å². The largest absolute Gasteiger partial charge is 0.351 e. The number of hydrogen-bond donors (Lipinski definition) is 1. The summed E-state index contributed by atoms with van der Waals surface area (Å²) in [5.74, 6) is -0.866. The summed E-state index contributed by atoms with van der Waals surface area (Å²) in [7, 11) is 1.68. The second-order valence-electron chi connectivity index (χ2n) is 5.56. The molecule has 0 aliphatic rings. The average molecular weight is 314 g/mol.